The highest BCUT2D eigenvalue weighted by molar-refractivity contribution is 6.07. The lowest BCUT2D eigenvalue weighted by atomic mass is 9.83. The molecule has 8 nitrogen and oxygen atoms in total. The normalized spacial score (nSPS) is 20.5. The van der Waals surface area contributed by atoms with E-state index in [1.807, 2.05) is 58.0 Å². The molecule has 0 saturated carbocycles. The summed E-state index contributed by atoms with van der Waals surface area (Å²) in [6.07, 6.45) is 1.03. The standard InChI is InChI=1S/C41H47N5O3/c1-27-8-6-9-34(20-27)45-19-18-43(23-28(45)2)40(49)31-14-17-37(35(22-31)42-39(48)30-12-15-33(16-13-30)41(3,4)5)44-24-29-21-32(26-44)36-10-7-11-38(47)46(36)25-29/h6-17,20,22,28-29,32H,18-19,21,23-26H2,1-5H3,(H,42,48)/t28-,29+,32-/m0/s1. The van der Waals surface area contributed by atoms with Gasteiger partial charge in [-0.1, -0.05) is 51.1 Å². The average molecular weight is 658 g/mol. The van der Waals surface area contributed by atoms with E-state index in [0.717, 1.165) is 43.0 Å². The summed E-state index contributed by atoms with van der Waals surface area (Å²) < 4.78 is 1.93. The molecule has 2 saturated heterocycles. The fourth-order valence-electron chi connectivity index (χ4n) is 7.97. The van der Waals surface area contributed by atoms with Crippen LogP contribution in [0.5, 0.6) is 0 Å². The first-order valence-electron chi connectivity index (χ1n) is 17.6. The van der Waals surface area contributed by atoms with Gasteiger partial charge in [0, 0.05) is 79.8 Å². The van der Waals surface area contributed by atoms with Gasteiger partial charge in [0.15, 0.2) is 0 Å². The molecule has 3 aromatic carbocycles. The molecular weight excluding hydrogens is 610 g/mol. The van der Waals surface area contributed by atoms with Gasteiger partial charge in [0.2, 0.25) is 0 Å². The van der Waals surface area contributed by atoms with Gasteiger partial charge in [0.1, 0.15) is 0 Å². The van der Waals surface area contributed by atoms with Crippen molar-refractivity contribution in [1.82, 2.24) is 9.47 Å². The van der Waals surface area contributed by atoms with Crippen LogP contribution in [0.2, 0.25) is 0 Å². The average Bonchev–Trinajstić information content (AvgIpc) is 3.08. The third kappa shape index (κ3) is 6.61. The molecule has 2 fully saturated rings. The number of hydrogen-bond acceptors (Lipinski definition) is 5. The van der Waals surface area contributed by atoms with E-state index in [-0.39, 0.29) is 34.7 Å². The molecule has 0 spiro atoms. The number of hydrogen-bond donors (Lipinski definition) is 1. The van der Waals surface area contributed by atoms with Gasteiger partial charge in [0.05, 0.1) is 11.4 Å². The molecule has 0 aliphatic carbocycles. The Labute approximate surface area is 289 Å². The monoisotopic (exact) mass is 657 g/mol. The van der Waals surface area contributed by atoms with E-state index in [1.165, 1.54) is 11.3 Å². The molecule has 254 valence electrons. The number of carbonyl (C=O) groups is 2. The summed E-state index contributed by atoms with van der Waals surface area (Å²) in [6, 6.07) is 27.8. The number of piperazine rings is 1. The first kappa shape index (κ1) is 32.7. The van der Waals surface area contributed by atoms with Gasteiger partial charge < -0.3 is 24.6 Å². The van der Waals surface area contributed by atoms with Crippen LogP contribution in [0, 0.1) is 12.8 Å². The Morgan fingerprint density at radius 1 is 0.816 bits per heavy atom. The van der Waals surface area contributed by atoms with Crippen LogP contribution in [0.15, 0.2) is 89.7 Å². The number of benzene rings is 3. The van der Waals surface area contributed by atoms with E-state index in [4.69, 9.17) is 0 Å². The summed E-state index contributed by atoms with van der Waals surface area (Å²) in [6.45, 7) is 14.9. The summed E-state index contributed by atoms with van der Waals surface area (Å²) in [5, 5.41) is 3.20. The van der Waals surface area contributed by atoms with Crippen molar-refractivity contribution in [2.24, 2.45) is 5.92 Å². The molecule has 3 atom stereocenters. The van der Waals surface area contributed by atoms with Crippen molar-refractivity contribution in [3.8, 4) is 0 Å². The Bertz CT molecular complexity index is 1940. The van der Waals surface area contributed by atoms with Gasteiger partial charge in [0.25, 0.3) is 17.4 Å². The van der Waals surface area contributed by atoms with Crippen LogP contribution >= 0.6 is 0 Å². The smallest absolute Gasteiger partial charge is 0.255 e. The molecule has 2 bridgehead atoms. The molecule has 4 heterocycles. The van der Waals surface area contributed by atoms with Crippen LogP contribution < -0.4 is 20.7 Å². The second kappa shape index (κ2) is 12.9. The van der Waals surface area contributed by atoms with Gasteiger partial charge in [-0.15, -0.1) is 0 Å². The number of pyridine rings is 1. The molecule has 1 N–H and O–H groups in total. The highest BCUT2D eigenvalue weighted by atomic mass is 16.2. The molecule has 49 heavy (non-hydrogen) atoms. The number of amides is 2. The summed E-state index contributed by atoms with van der Waals surface area (Å²) in [7, 11) is 0. The zero-order valence-corrected chi connectivity index (χ0v) is 29.3. The first-order valence-corrected chi connectivity index (χ1v) is 17.6. The number of anilines is 3. The van der Waals surface area contributed by atoms with Crippen molar-refractivity contribution in [2.45, 2.75) is 65.0 Å². The third-order valence-corrected chi connectivity index (χ3v) is 10.6. The Morgan fingerprint density at radius 3 is 2.31 bits per heavy atom. The zero-order valence-electron chi connectivity index (χ0n) is 29.3. The molecule has 2 amide bonds. The van der Waals surface area contributed by atoms with E-state index >= 15 is 0 Å². The summed E-state index contributed by atoms with van der Waals surface area (Å²) in [5.74, 6) is 0.284. The van der Waals surface area contributed by atoms with Gasteiger partial charge in [-0.3, -0.25) is 14.4 Å². The maximum atomic E-state index is 14.0. The number of nitrogens with one attached hydrogen (secondary N) is 1. The van der Waals surface area contributed by atoms with E-state index in [1.54, 1.807) is 6.07 Å². The van der Waals surface area contributed by atoms with E-state index in [2.05, 4.69) is 80.1 Å². The highest BCUT2D eigenvalue weighted by Gasteiger charge is 2.36. The van der Waals surface area contributed by atoms with Crippen molar-refractivity contribution < 1.29 is 9.59 Å². The third-order valence-electron chi connectivity index (χ3n) is 10.6. The van der Waals surface area contributed by atoms with Crippen molar-refractivity contribution in [2.75, 3.05) is 47.8 Å². The van der Waals surface area contributed by atoms with E-state index in [0.29, 0.717) is 42.4 Å². The Hall–Kier alpha value is -4.85. The number of carbonyl (C=O) groups excluding carboxylic acids is 2. The number of fused-ring (bicyclic) bond motifs is 4. The molecule has 3 aliphatic heterocycles. The van der Waals surface area contributed by atoms with Crippen molar-refractivity contribution in [3.63, 3.8) is 0 Å². The van der Waals surface area contributed by atoms with Crippen LogP contribution in [0.3, 0.4) is 0 Å². The summed E-state index contributed by atoms with van der Waals surface area (Å²) in [5.41, 5.74) is 7.34. The summed E-state index contributed by atoms with van der Waals surface area (Å²) >= 11 is 0. The lowest BCUT2D eigenvalue weighted by Crippen LogP contribution is -2.53. The molecule has 3 aliphatic rings. The predicted octanol–water partition coefficient (Wildman–Crippen LogP) is 6.68. The Morgan fingerprint density at radius 2 is 1.57 bits per heavy atom. The fourth-order valence-corrected chi connectivity index (χ4v) is 7.97. The fraction of sp³-hybridized carbons (Fsp3) is 0.390. The maximum absolute atomic E-state index is 14.0. The maximum Gasteiger partial charge on any atom is 0.255 e. The molecule has 7 rings (SSSR count). The van der Waals surface area contributed by atoms with Crippen LogP contribution in [0.1, 0.15) is 77.6 Å². The SMILES string of the molecule is Cc1cccc(N2CCN(C(=O)c3ccc(N4C[C@H]5C[C@@H](C4)c4cccc(=O)n4C5)c(NC(=O)c4ccc(C(C)(C)C)cc4)c3)C[C@@H]2C)c1. The molecule has 1 aromatic heterocycles. The largest absolute Gasteiger partial charge is 0.369 e. The number of aromatic nitrogens is 1. The first-order chi connectivity index (χ1) is 23.4. The van der Waals surface area contributed by atoms with Gasteiger partial charge >= 0.3 is 0 Å². The molecule has 8 heteroatoms. The lowest BCUT2D eigenvalue weighted by molar-refractivity contribution is 0.0726. The van der Waals surface area contributed by atoms with Gasteiger partial charge in [-0.2, -0.15) is 0 Å². The molecular formula is C41H47N5O3. The molecule has 4 aromatic rings. The van der Waals surface area contributed by atoms with Crippen LogP contribution in [-0.2, 0) is 12.0 Å². The van der Waals surface area contributed by atoms with Crippen LogP contribution in [0.25, 0.3) is 0 Å². The quantitative estimate of drug-likeness (QED) is 0.259. The van der Waals surface area contributed by atoms with E-state index < -0.39 is 0 Å². The molecule has 0 radical (unpaired) electrons. The van der Waals surface area contributed by atoms with Crippen LogP contribution in [-0.4, -0.2) is 60.0 Å². The number of nitrogens with zero attached hydrogens (tertiary/aromatic N) is 4. The number of aryl methyl sites for hydroxylation is 1. The molecule has 0 unspecified atom stereocenters. The summed E-state index contributed by atoms with van der Waals surface area (Å²) in [4.78, 5) is 47.1. The minimum absolute atomic E-state index is 0.0179. The Kier molecular flexibility index (Phi) is 8.59. The zero-order chi connectivity index (χ0) is 34.4. The second-order valence-electron chi connectivity index (χ2n) is 15.2. The topological polar surface area (TPSA) is 77.9 Å². The van der Waals surface area contributed by atoms with Gasteiger partial charge in [-0.05, 0) is 91.3 Å². The second-order valence-corrected chi connectivity index (χ2v) is 15.2. The van der Waals surface area contributed by atoms with Crippen molar-refractivity contribution in [1.29, 1.82) is 0 Å². The number of rotatable bonds is 5. The lowest BCUT2D eigenvalue weighted by Gasteiger charge is -2.44. The predicted molar refractivity (Wildman–Crippen MR) is 197 cm³/mol. The minimum Gasteiger partial charge on any atom is -0.369 e. The van der Waals surface area contributed by atoms with Crippen LogP contribution in [0.4, 0.5) is 17.1 Å². The van der Waals surface area contributed by atoms with E-state index in [9.17, 15) is 14.4 Å². The van der Waals surface area contributed by atoms with Gasteiger partial charge in [-0.25, -0.2) is 0 Å². The number of piperidine rings is 1. The minimum atomic E-state index is -0.208. The highest BCUT2D eigenvalue weighted by Crippen LogP contribution is 2.40. The van der Waals surface area contributed by atoms with Crippen molar-refractivity contribution in [3.05, 3.63) is 123 Å². The Balaban J connectivity index is 1.17. The van der Waals surface area contributed by atoms with Crippen molar-refractivity contribution >= 4 is 28.9 Å².